The van der Waals surface area contributed by atoms with Crippen molar-refractivity contribution in [3.63, 3.8) is 0 Å². The first-order valence-electron chi connectivity index (χ1n) is 8.05. The van der Waals surface area contributed by atoms with Gasteiger partial charge in [0.05, 0.1) is 5.70 Å². The van der Waals surface area contributed by atoms with Crippen LogP contribution in [0.25, 0.3) is 0 Å². The molecule has 0 saturated carbocycles. The highest BCUT2D eigenvalue weighted by Gasteiger charge is 2.51. The number of rotatable bonds is 5. The first kappa shape index (κ1) is 21.8. The van der Waals surface area contributed by atoms with Gasteiger partial charge in [-0.1, -0.05) is 11.8 Å². The number of hydrogen-bond donors (Lipinski definition) is 0. The van der Waals surface area contributed by atoms with Crippen molar-refractivity contribution in [2.75, 3.05) is 4.90 Å². The number of carbonyl (C=O) groups excluding carboxylic acids is 1. The number of nitrogens with zero attached hydrogens (tertiary/aromatic N) is 3. The molecule has 0 bridgehead atoms. The van der Waals surface area contributed by atoms with Crippen molar-refractivity contribution in [3.05, 3.63) is 71.1 Å². The largest absolute Gasteiger partial charge is 0.437 e. The first-order chi connectivity index (χ1) is 14.0. The van der Waals surface area contributed by atoms with Crippen LogP contribution in [-0.4, -0.2) is 17.5 Å². The molecule has 0 N–H and O–H groups in total. The minimum Gasteiger partial charge on any atom is -0.278 e. The fraction of sp³-hybridized carbons (Fsp3) is 0.167. The summed E-state index contributed by atoms with van der Waals surface area (Å²) in [4.78, 5) is 10.0. The van der Waals surface area contributed by atoms with Crippen LogP contribution in [0.15, 0.2) is 62.9 Å². The number of carbonyl (C=O) groups is 1. The van der Waals surface area contributed by atoms with Crippen molar-refractivity contribution in [1.29, 1.82) is 0 Å². The van der Waals surface area contributed by atoms with Crippen molar-refractivity contribution in [1.82, 2.24) is 0 Å². The van der Waals surface area contributed by atoms with E-state index < -0.39 is 51.4 Å². The van der Waals surface area contributed by atoms with Crippen LogP contribution >= 0.6 is 11.8 Å². The van der Waals surface area contributed by atoms with E-state index in [0.717, 1.165) is 19.1 Å². The lowest BCUT2D eigenvalue weighted by molar-refractivity contribution is -0.107. The Morgan fingerprint density at radius 3 is 2.07 bits per heavy atom. The maximum atomic E-state index is 14.3. The predicted octanol–water partition coefficient (Wildman–Crippen LogP) is 5.95. The van der Waals surface area contributed by atoms with E-state index in [1.54, 1.807) is 0 Å². The Bertz CT molecular complexity index is 1030. The third-order valence-electron chi connectivity index (χ3n) is 3.97. The Morgan fingerprint density at radius 2 is 1.57 bits per heavy atom. The molecule has 1 aliphatic heterocycles. The third-order valence-corrected chi connectivity index (χ3v) is 5.15. The molecule has 4 nitrogen and oxygen atoms in total. The van der Waals surface area contributed by atoms with Gasteiger partial charge in [0, 0.05) is 17.0 Å². The molecule has 0 aliphatic carbocycles. The topological polar surface area (TPSA) is 45.0 Å². The van der Waals surface area contributed by atoms with Gasteiger partial charge < -0.3 is 0 Å². The summed E-state index contributed by atoms with van der Waals surface area (Å²) < 4.78 is 95.6. The average molecular weight is 449 g/mol. The number of halogens is 7. The smallest absolute Gasteiger partial charge is 0.278 e. The summed E-state index contributed by atoms with van der Waals surface area (Å²) in [6.07, 6.45) is -5.38. The highest BCUT2D eigenvalue weighted by Crippen LogP contribution is 2.50. The van der Waals surface area contributed by atoms with E-state index in [9.17, 15) is 35.5 Å². The molecule has 0 spiro atoms. The molecule has 2 aromatic carbocycles. The van der Waals surface area contributed by atoms with Crippen LogP contribution in [0.1, 0.15) is 6.92 Å². The maximum Gasteiger partial charge on any atom is 0.437 e. The van der Waals surface area contributed by atoms with Gasteiger partial charge in [-0.2, -0.15) is 18.3 Å². The number of benzene rings is 2. The van der Waals surface area contributed by atoms with E-state index in [0.29, 0.717) is 11.8 Å². The van der Waals surface area contributed by atoms with Gasteiger partial charge in [-0.15, -0.1) is 5.11 Å². The van der Waals surface area contributed by atoms with E-state index in [1.807, 2.05) is 0 Å². The van der Waals surface area contributed by atoms with Crippen LogP contribution in [0, 0.1) is 23.3 Å². The Kier molecular flexibility index (Phi) is 5.63. The van der Waals surface area contributed by atoms with Crippen LogP contribution in [0.5, 0.6) is 0 Å². The fourth-order valence-corrected chi connectivity index (χ4v) is 3.88. The number of alkyl halides is 3. The van der Waals surface area contributed by atoms with Gasteiger partial charge in [0.1, 0.15) is 17.3 Å². The van der Waals surface area contributed by atoms with Crippen LogP contribution in [0.2, 0.25) is 0 Å². The molecule has 30 heavy (non-hydrogen) atoms. The quantitative estimate of drug-likeness (QED) is 0.418. The van der Waals surface area contributed by atoms with E-state index >= 15 is 0 Å². The second kappa shape index (κ2) is 7.74. The molecule has 158 valence electrons. The summed E-state index contributed by atoms with van der Waals surface area (Å²) in [5.74, 6) is -5.13. The lowest BCUT2D eigenvalue weighted by Gasteiger charge is -2.30. The second-order valence-corrected chi connectivity index (χ2v) is 7.60. The van der Waals surface area contributed by atoms with Crippen LogP contribution < -0.4 is 4.90 Å². The number of hydrogen-bond acceptors (Lipinski definition) is 4. The molecule has 1 atom stereocenters. The molecule has 2 aromatic rings. The van der Waals surface area contributed by atoms with Gasteiger partial charge in [-0.05, 0) is 31.2 Å². The fourth-order valence-electron chi connectivity index (χ4n) is 2.77. The SMILES string of the molecule is CC1(Sc2ccc(F)cc2)N=NC(C(F)(F)F)=C1N(C=O)c1c(F)cc(F)cc1F. The Hall–Kier alpha value is -2.89. The summed E-state index contributed by atoms with van der Waals surface area (Å²) >= 11 is 0.639. The number of anilines is 1. The van der Waals surface area contributed by atoms with Crippen molar-refractivity contribution in [2.45, 2.75) is 22.9 Å². The molecule has 1 heterocycles. The zero-order chi connectivity index (χ0) is 22.3. The molecule has 0 saturated heterocycles. The van der Waals surface area contributed by atoms with Crippen LogP contribution in [-0.2, 0) is 4.79 Å². The summed E-state index contributed by atoms with van der Waals surface area (Å²) in [5, 5.41) is 6.66. The standard InChI is InChI=1S/C18H10F7N3OS/c1-17(30-11-4-2-9(19)3-5-11)16(15(26-27-17)18(23,24)25)28(8-29)14-12(21)6-10(20)7-13(14)22/h2-8H,1H3. The van der Waals surface area contributed by atoms with Crippen molar-refractivity contribution in [3.8, 4) is 0 Å². The number of thioether (sulfide) groups is 1. The molecule has 1 amide bonds. The van der Waals surface area contributed by atoms with Gasteiger partial charge >= 0.3 is 6.18 Å². The Balaban J connectivity index is 2.19. The van der Waals surface area contributed by atoms with Crippen molar-refractivity contribution < 1.29 is 35.5 Å². The summed E-state index contributed by atoms with van der Waals surface area (Å²) in [5.41, 5.74) is -3.86. The molecular weight excluding hydrogens is 439 g/mol. The predicted molar refractivity (Wildman–Crippen MR) is 93.5 cm³/mol. The second-order valence-electron chi connectivity index (χ2n) is 6.13. The monoisotopic (exact) mass is 449 g/mol. The molecule has 12 heteroatoms. The minimum atomic E-state index is -5.13. The zero-order valence-electron chi connectivity index (χ0n) is 14.8. The normalized spacial score (nSPS) is 18.8. The van der Waals surface area contributed by atoms with E-state index in [1.165, 1.54) is 12.1 Å². The lowest BCUT2D eigenvalue weighted by Crippen LogP contribution is -2.36. The van der Waals surface area contributed by atoms with Gasteiger partial charge in [-0.25, -0.2) is 17.6 Å². The van der Waals surface area contributed by atoms with Crippen molar-refractivity contribution >= 4 is 23.9 Å². The molecule has 1 unspecified atom stereocenters. The Labute approximate surface area is 169 Å². The zero-order valence-corrected chi connectivity index (χ0v) is 15.7. The lowest BCUT2D eigenvalue weighted by atomic mass is 10.1. The van der Waals surface area contributed by atoms with Crippen LogP contribution in [0.4, 0.5) is 36.4 Å². The molecule has 3 rings (SSSR count). The molecule has 1 aliphatic rings. The average Bonchev–Trinajstić information content (AvgIpc) is 2.97. The molecular formula is C18H10F7N3OS. The summed E-state index contributed by atoms with van der Waals surface area (Å²) in [6, 6.07) is 5.01. The van der Waals surface area contributed by atoms with Gasteiger partial charge in [0.25, 0.3) is 0 Å². The van der Waals surface area contributed by atoms with E-state index in [4.69, 9.17) is 0 Å². The van der Waals surface area contributed by atoms with Crippen LogP contribution in [0.3, 0.4) is 0 Å². The molecule has 0 aromatic heterocycles. The highest BCUT2D eigenvalue weighted by atomic mass is 32.2. The number of azo groups is 1. The van der Waals surface area contributed by atoms with E-state index in [2.05, 4.69) is 10.2 Å². The summed E-state index contributed by atoms with van der Waals surface area (Å²) in [7, 11) is 0. The summed E-state index contributed by atoms with van der Waals surface area (Å²) in [6.45, 7) is 1.13. The highest BCUT2D eigenvalue weighted by molar-refractivity contribution is 8.00. The van der Waals surface area contributed by atoms with Gasteiger partial charge in [0.15, 0.2) is 22.2 Å². The van der Waals surface area contributed by atoms with E-state index in [-0.39, 0.29) is 28.3 Å². The van der Waals surface area contributed by atoms with Gasteiger partial charge in [-0.3, -0.25) is 9.69 Å². The van der Waals surface area contributed by atoms with Crippen molar-refractivity contribution in [2.24, 2.45) is 10.2 Å². The first-order valence-corrected chi connectivity index (χ1v) is 8.86. The number of allylic oxidation sites excluding steroid dienone is 1. The van der Waals surface area contributed by atoms with Gasteiger partial charge in [0.2, 0.25) is 6.41 Å². The maximum absolute atomic E-state index is 14.3. The third kappa shape index (κ3) is 4.04. The molecule has 0 fully saturated rings. The Morgan fingerprint density at radius 1 is 1.00 bits per heavy atom. The number of amides is 1. The minimum absolute atomic E-state index is 0.0590. The molecule has 0 radical (unpaired) electrons.